The molecule has 0 aliphatic rings. The molecule has 5 nitrogen and oxygen atoms in total. The van der Waals surface area contributed by atoms with Gasteiger partial charge >= 0.3 is 5.97 Å². The number of aromatic nitrogens is 2. The average molecular weight is 257 g/mol. The molecule has 2 aromatic rings. The molecule has 0 fully saturated rings. The van der Waals surface area contributed by atoms with E-state index < -0.39 is 5.97 Å². The Hall–Kier alpha value is -2.43. The topological polar surface area (TPSA) is 75.1 Å². The molecule has 0 spiro atoms. The van der Waals surface area contributed by atoms with Crippen LogP contribution in [0, 0.1) is 13.8 Å². The molecule has 0 aliphatic carbocycles. The Bertz CT molecular complexity index is 611. The molecule has 0 aliphatic heterocycles. The third-order valence-corrected chi connectivity index (χ3v) is 2.60. The molecule has 0 unspecified atom stereocenters. The summed E-state index contributed by atoms with van der Waals surface area (Å²) in [7, 11) is 0. The smallest absolute Gasteiger partial charge is 0.335 e. The molecule has 0 radical (unpaired) electrons. The maximum absolute atomic E-state index is 11.0. The van der Waals surface area contributed by atoms with E-state index >= 15 is 0 Å². The number of aryl methyl sites for hydroxylation is 2. The fourth-order valence-corrected chi connectivity index (χ4v) is 1.76. The highest BCUT2D eigenvalue weighted by atomic mass is 16.4. The van der Waals surface area contributed by atoms with Crippen molar-refractivity contribution in [2.24, 2.45) is 0 Å². The van der Waals surface area contributed by atoms with Gasteiger partial charge in [0.2, 0.25) is 0 Å². The van der Waals surface area contributed by atoms with Crippen LogP contribution < -0.4 is 5.32 Å². The number of nitrogens with zero attached hydrogens (tertiary/aromatic N) is 2. The lowest BCUT2D eigenvalue weighted by atomic mass is 10.2. The van der Waals surface area contributed by atoms with Crippen molar-refractivity contribution >= 4 is 11.8 Å². The second-order valence-corrected chi connectivity index (χ2v) is 4.31. The summed E-state index contributed by atoms with van der Waals surface area (Å²) in [5.41, 5.74) is 2.73. The zero-order valence-electron chi connectivity index (χ0n) is 10.8. The lowest BCUT2D eigenvalue weighted by molar-refractivity contribution is 0.0696. The van der Waals surface area contributed by atoms with E-state index in [1.54, 1.807) is 13.0 Å². The second kappa shape index (κ2) is 5.48. The minimum atomic E-state index is -0.956. The molecule has 0 amide bonds. The molecule has 19 heavy (non-hydrogen) atoms. The zero-order chi connectivity index (χ0) is 13.8. The summed E-state index contributed by atoms with van der Waals surface area (Å²) in [6.45, 7) is 4.21. The SMILES string of the molecule is Cc1cccc(CNc2cc(C(=O)O)cc(C)n2)n1. The Kier molecular flexibility index (Phi) is 3.75. The highest BCUT2D eigenvalue weighted by molar-refractivity contribution is 5.88. The van der Waals surface area contributed by atoms with E-state index in [4.69, 9.17) is 5.11 Å². The maximum Gasteiger partial charge on any atom is 0.335 e. The Morgan fingerprint density at radius 2 is 2.00 bits per heavy atom. The predicted octanol–water partition coefficient (Wildman–Crippen LogP) is 2.40. The molecular formula is C14H15N3O2. The van der Waals surface area contributed by atoms with Gasteiger partial charge in [0.05, 0.1) is 17.8 Å². The monoisotopic (exact) mass is 257 g/mol. The van der Waals surface area contributed by atoms with Crippen LogP contribution in [0.5, 0.6) is 0 Å². The van der Waals surface area contributed by atoms with E-state index in [1.807, 2.05) is 25.1 Å². The van der Waals surface area contributed by atoms with E-state index in [9.17, 15) is 4.79 Å². The van der Waals surface area contributed by atoms with Crippen LogP contribution in [0.4, 0.5) is 5.82 Å². The fourth-order valence-electron chi connectivity index (χ4n) is 1.76. The average Bonchev–Trinajstić information content (AvgIpc) is 2.36. The number of anilines is 1. The van der Waals surface area contributed by atoms with Crippen LogP contribution in [0.2, 0.25) is 0 Å². The molecule has 2 heterocycles. The van der Waals surface area contributed by atoms with Crippen molar-refractivity contribution in [2.45, 2.75) is 20.4 Å². The second-order valence-electron chi connectivity index (χ2n) is 4.31. The van der Waals surface area contributed by atoms with Gasteiger partial charge in [-0.15, -0.1) is 0 Å². The molecule has 2 rings (SSSR count). The molecule has 2 N–H and O–H groups in total. The minimum absolute atomic E-state index is 0.229. The van der Waals surface area contributed by atoms with Crippen LogP contribution >= 0.6 is 0 Å². The number of carbonyl (C=O) groups is 1. The number of hydrogen-bond donors (Lipinski definition) is 2. The van der Waals surface area contributed by atoms with Crippen LogP contribution in [-0.4, -0.2) is 21.0 Å². The number of nitrogens with one attached hydrogen (secondary N) is 1. The van der Waals surface area contributed by atoms with Crippen molar-refractivity contribution in [1.82, 2.24) is 9.97 Å². The van der Waals surface area contributed by atoms with E-state index in [-0.39, 0.29) is 5.56 Å². The molecule has 2 aromatic heterocycles. The van der Waals surface area contributed by atoms with Gasteiger partial charge in [-0.1, -0.05) is 6.07 Å². The van der Waals surface area contributed by atoms with Crippen LogP contribution in [0.15, 0.2) is 30.3 Å². The van der Waals surface area contributed by atoms with Gasteiger partial charge in [0.15, 0.2) is 0 Å². The maximum atomic E-state index is 11.0. The van der Waals surface area contributed by atoms with Crippen LogP contribution in [0.25, 0.3) is 0 Å². The Morgan fingerprint density at radius 1 is 1.21 bits per heavy atom. The van der Waals surface area contributed by atoms with Gasteiger partial charge in [0.25, 0.3) is 0 Å². The first-order chi connectivity index (χ1) is 9.04. The van der Waals surface area contributed by atoms with E-state index in [1.165, 1.54) is 6.07 Å². The van der Waals surface area contributed by atoms with E-state index in [2.05, 4.69) is 15.3 Å². The summed E-state index contributed by atoms with van der Waals surface area (Å²) < 4.78 is 0. The van der Waals surface area contributed by atoms with Crippen LogP contribution in [-0.2, 0) is 6.54 Å². The van der Waals surface area contributed by atoms with E-state index in [0.29, 0.717) is 18.1 Å². The lowest BCUT2D eigenvalue weighted by Crippen LogP contribution is -2.06. The van der Waals surface area contributed by atoms with Crippen LogP contribution in [0.1, 0.15) is 27.4 Å². The molecule has 0 saturated carbocycles. The van der Waals surface area contributed by atoms with Crippen molar-refractivity contribution in [2.75, 3.05) is 5.32 Å². The lowest BCUT2D eigenvalue weighted by Gasteiger charge is -2.07. The summed E-state index contributed by atoms with van der Waals surface area (Å²) in [5.74, 6) is -0.414. The van der Waals surface area contributed by atoms with Crippen molar-refractivity contribution in [3.05, 3.63) is 53.0 Å². The number of carboxylic acid groups (broad SMARTS) is 1. The first-order valence-electron chi connectivity index (χ1n) is 5.93. The Labute approximate surface area is 111 Å². The summed E-state index contributed by atoms with van der Waals surface area (Å²) in [6, 6.07) is 8.83. The first-order valence-corrected chi connectivity index (χ1v) is 5.93. The summed E-state index contributed by atoms with van der Waals surface area (Å²) >= 11 is 0. The van der Waals surface area contributed by atoms with Gasteiger partial charge < -0.3 is 10.4 Å². The number of aromatic carboxylic acids is 1. The largest absolute Gasteiger partial charge is 0.478 e. The Balaban J connectivity index is 2.13. The predicted molar refractivity (Wildman–Crippen MR) is 72.2 cm³/mol. The van der Waals surface area contributed by atoms with Crippen molar-refractivity contribution in [3.8, 4) is 0 Å². The summed E-state index contributed by atoms with van der Waals surface area (Å²) in [4.78, 5) is 19.6. The normalized spacial score (nSPS) is 10.2. The van der Waals surface area contributed by atoms with Gasteiger partial charge in [-0.05, 0) is 38.1 Å². The number of hydrogen-bond acceptors (Lipinski definition) is 4. The summed E-state index contributed by atoms with van der Waals surface area (Å²) in [5, 5.41) is 12.1. The molecule has 0 saturated heterocycles. The Morgan fingerprint density at radius 3 is 2.68 bits per heavy atom. The van der Waals surface area contributed by atoms with Crippen molar-refractivity contribution in [3.63, 3.8) is 0 Å². The molecule has 5 heteroatoms. The van der Waals surface area contributed by atoms with Gasteiger partial charge in [-0.3, -0.25) is 4.98 Å². The highest BCUT2D eigenvalue weighted by Crippen LogP contribution is 2.11. The van der Waals surface area contributed by atoms with Gasteiger partial charge in [-0.25, -0.2) is 9.78 Å². The van der Waals surface area contributed by atoms with Crippen molar-refractivity contribution < 1.29 is 9.90 Å². The molecule has 0 aromatic carbocycles. The van der Waals surface area contributed by atoms with Crippen molar-refractivity contribution in [1.29, 1.82) is 0 Å². The number of carboxylic acids is 1. The summed E-state index contributed by atoms with van der Waals surface area (Å²) in [6.07, 6.45) is 0. The quantitative estimate of drug-likeness (QED) is 0.879. The first kappa shape index (κ1) is 13.0. The van der Waals surface area contributed by atoms with Crippen LogP contribution in [0.3, 0.4) is 0 Å². The third-order valence-electron chi connectivity index (χ3n) is 2.60. The van der Waals surface area contributed by atoms with Gasteiger partial charge in [-0.2, -0.15) is 0 Å². The number of pyridine rings is 2. The number of rotatable bonds is 4. The van der Waals surface area contributed by atoms with Gasteiger partial charge in [0.1, 0.15) is 5.82 Å². The molecule has 0 bridgehead atoms. The zero-order valence-corrected chi connectivity index (χ0v) is 10.8. The molecule has 0 atom stereocenters. The molecule has 98 valence electrons. The van der Waals surface area contributed by atoms with E-state index in [0.717, 1.165) is 11.4 Å². The highest BCUT2D eigenvalue weighted by Gasteiger charge is 2.06. The standard InChI is InChI=1S/C14H15N3O2/c1-9-4-3-5-12(16-9)8-15-13-7-11(14(18)19)6-10(2)17-13/h3-7H,8H2,1-2H3,(H,15,17)(H,18,19). The third kappa shape index (κ3) is 3.51. The fraction of sp³-hybridized carbons (Fsp3) is 0.214. The van der Waals surface area contributed by atoms with Gasteiger partial charge in [0, 0.05) is 11.4 Å². The molecular weight excluding hydrogens is 242 g/mol. The minimum Gasteiger partial charge on any atom is -0.478 e.